The monoisotopic (exact) mass is 131 g/mol. The summed E-state index contributed by atoms with van der Waals surface area (Å²) in [5, 5.41) is 0. The van der Waals surface area contributed by atoms with Crippen molar-refractivity contribution >= 4 is 8.07 Å². The van der Waals surface area contributed by atoms with Gasteiger partial charge in [-0.15, -0.1) is 0 Å². The van der Waals surface area contributed by atoms with Crippen LogP contribution >= 0.6 is 0 Å². The van der Waals surface area contributed by atoms with Gasteiger partial charge in [-0.1, -0.05) is 26.6 Å². The lowest BCUT2D eigenvalue weighted by Crippen LogP contribution is -2.44. The molecule has 0 amide bonds. The van der Waals surface area contributed by atoms with Crippen LogP contribution in [0.1, 0.15) is 13.3 Å². The third-order valence-corrected chi connectivity index (χ3v) is 4.19. The van der Waals surface area contributed by atoms with Crippen LogP contribution in [-0.4, -0.2) is 13.7 Å². The van der Waals surface area contributed by atoms with Gasteiger partial charge in [-0.25, -0.2) is 0 Å². The molecule has 1 atom stereocenters. The van der Waals surface area contributed by atoms with Crippen molar-refractivity contribution in [1.29, 1.82) is 0 Å². The minimum Gasteiger partial charge on any atom is -0.330 e. The summed E-state index contributed by atoms with van der Waals surface area (Å²) in [6.45, 7) is 9.08. The van der Waals surface area contributed by atoms with Crippen molar-refractivity contribution < 1.29 is 0 Å². The second-order valence-electron chi connectivity index (χ2n) is 3.38. The molecule has 0 aliphatic carbocycles. The molecule has 0 heterocycles. The molecule has 0 rings (SSSR count). The van der Waals surface area contributed by atoms with Crippen LogP contribution in [0.25, 0.3) is 0 Å². The summed E-state index contributed by atoms with van der Waals surface area (Å²) in [6.07, 6.45) is 1.13. The molecule has 0 aliphatic rings. The fraction of sp³-hybridized carbons (Fsp3) is 1.00. The zero-order chi connectivity index (χ0) is 6.78. The van der Waals surface area contributed by atoms with Crippen LogP contribution in [0.5, 0.6) is 0 Å². The van der Waals surface area contributed by atoms with Gasteiger partial charge in [0.15, 0.2) is 0 Å². The molecule has 2 heteroatoms. The molecule has 0 bridgehead atoms. The van der Waals surface area contributed by atoms with Gasteiger partial charge in [-0.2, -0.15) is 0 Å². The van der Waals surface area contributed by atoms with E-state index in [1.54, 1.807) is 0 Å². The molecule has 0 spiro atoms. The second kappa shape index (κ2) is 2.64. The molecular formula is C6H17NSi. The quantitative estimate of drug-likeness (QED) is 0.566. The maximum atomic E-state index is 5.81. The van der Waals surface area contributed by atoms with E-state index in [0.29, 0.717) is 5.67 Å². The van der Waals surface area contributed by atoms with Crippen molar-refractivity contribution in [2.24, 2.45) is 5.73 Å². The van der Waals surface area contributed by atoms with Gasteiger partial charge in [0.1, 0.15) is 0 Å². The van der Waals surface area contributed by atoms with E-state index in [1.807, 2.05) is 0 Å². The Balaban J connectivity index is 3.62. The fourth-order valence-corrected chi connectivity index (χ4v) is 1.84. The van der Waals surface area contributed by atoms with Gasteiger partial charge in [0, 0.05) is 0 Å². The van der Waals surface area contributed by atoms with Gasteiger partial charge in [0.2, 0.25) is 0 Å². The first-order valence-electron chi connectivity index (χ1n) is 3.24. The zero-order valence-corrected chi connectivity index (χ0v) is 7.36. The van der Waals surface area contributed by atoms with Crippen molar-refractivity contribution in [2.45, 2.75) is 38.7 Å². The summed E-state index contributed by atoms with van der Waals surface area (Å²) in [6, 6.07) is 0. The van der Waals surface area contributed by atoms with Crippen LogP contribution in [-0.2, 0) is 0 Å². The topological polar surface area (TPSA) is 26.0 Å². The smallest absolute Gasteiger partial charge is 0.0631 e. The summed E-state index contributed by atoms with van der Waals surface area (Å²) in [7, 11) is -0.983. The average molecular weight is 131 g/mol. The molecule has 0 radical (unpaired) electrons. The van der Waals surface area contributed by atoms with Crippen molar-refractivity contribution in [1.82, 2.24) is 0 Å². The lowest BCUT2D eigenvalue weighted by Gasteiger charge is -2.22. The van der Waals surface area contributed by atoms with Crippen molar-refractivity contribution in [3.8, 4) is 0 Å². The molecule has 0 fully saturated rings. The lowest BCUT2D eigenvalue weighted by atomic mass is 10.5. The van der Waals surface area contributed by atoms with E-state index in [0.717, 1.165) is 6.42 Å². The molecule has 2 N–H and O–H groups in total. The zero-order valence-electron chi connectivity index (χ0n) is 6.36. The second-order valence-corrected chi connectivity index (χ2v) is 8.85. The average Bonchev–Trinajstić information content (AvgIpc) is 1.62. The molecule has 0 aromatic carbocycles. The van der Waals surface area contributed by atoms with Gasteiger partial charge in [-0.05, 0) is 12.1 Å². The molecule has 0 saturated heterocycles. The number of hydrogen-bond acceptors (Lipinski definition) is 1. The van der Waals surface area contributed by atoms with Crippen molar-refractivity contribution in [2.75, 3.05) is 0 Å². The van der Waals surface area contributed by atoms with Gasteiger partial charge >= 0.3 is 0 Å². The summed E-state index contributed by atoms with van der Waals surface area (Å²) >= 11 is 0. The van der Waals surface area contributed by atoms with Crippen molar-refractivity contribution in [3.63, 3.8) is 0 Å². The highest BCUT2D eigenvalue weighted by Crippen LogP contribution is 2.06. The molecule has 8 heavy (non-hydrogen) atoms. The van der Waals surface area contributed by atoms with Crippen LogP contribution in [0.2, 0.25) is 19.6 Å². The van der Waals surface area contributed by atoms with Crippen LogP contribution in [0.4, 0.5) is 0 Å². The minimum absolute atomic E-state index is 0.488. The highest BCUT2D eigenvalue weighted by Gasteiger charge is 2.20. The Morgan fingerprint density at radius 2 is 1.75 bits per heavy atom. The van der Waals surface area contributed by atoms with E-state index in [9.17, 15) is 0 Å². The van der Waals surface area contributed by atoms with Crippen LogP contribution < -0.4 is 5.73 Å². The summed E-state index contributed by atoms with van der Waals surface area (Å²) < 4.78 is 0. The molecule has 0 saturated carbocycles. The molecule has 0 aromatic heterocycles. The van der Waals surface area contributed by atoms with E-state index in [4.69, 9.17) is 5.73 Å². The van der Waals surface area contributed by atoms with Gasteiger partial charge < -0.3 is 5.73 Å². The SMILES string of the molecule is CCC(N)[Si](C)(C)C. The first-order chi connectivity index (χ1) is 3.48. The van der Waals surface area contributed by atoms with Gasteiger partial charge in [0.05, 0.1) is 8.07 Å². The van der Waals surface area contributed by atoms with E-state index in [2.05, 4.69) is 26.6 Å². The Hall–Kier alpha value is 0.177. The normalized spacial score (nSPS) is 16.1. The molecule has 1 unspecified atom stereocenters. The lowest BCUT2D eigenvalue weighted by molar-refractivity contribution is 0.820. The molecule has 0 aromatic rings. The first kappa shape index (κ1) is 8.18. The van der Waals surface area contributed by atoms with E-state index >= 15 is 0 Å². The van der Waals surface area contributed by atoms with Gasteiger partial charge in [0.25, 0.3) is 0 Å². The Morgan fingerprint density at radius 1 is 1.38 bits per heavy atom. The number of rotatable bonds is 2. The van der Waals surface area contributed by atoms with Gasteiger partial charge in [-0.3, -0.25) is 0 Å². The van der Waals surface area contributed by atoms with E-state index < -0.39 is 8.07 Å². The van der Waals surface area contributed by atoms with Crippen LogP contribution in [0.15, 0.2) is 0 Å². The Bertz CT molecular complexity index is 65.4. The summed E-state index contributed by atoms with van der Waals surface area (Å²) in [4.78, 5) is 0. The highest BCUT2D eigenvalue weighted by atomic mass is 28.3. The molecule has 50 valence electrons. The van der Waals surface area contributed by atoms with E-state index in [-0.39, 0.29) is 0 Å². The molecule has 0 aliphatic heterocycles. The number of nitrogens with two attached hydrogens (primary N) is 1. The fourth-order valence-electron chi connectivity index (χ4n) is 0.612. The minimum atomic E-state index is -0.983. The largest absolute Gasteiger partial charge is 0.330 e. The Kier molecular flexibility index (Phi) is 2.70. The predicted octanol–water partition coefficient (Wildman–Crippen LogP) is 1.60. The third-order valence-electron chi connectivity index (χ3n) is 1.55. The molecular weight excluding hydrogens is 114 g/mol. The Labute approximate surface area is 53.3 Å². The third kappa shape index (κ3) is 2.48. The maximum Gasteiger partial charge on any atom is 0.0631 e. The molecule has 1 nitrogen and oxygen atoms in total. The highest BCUT2D eigenvalue weighted by molar-refractivity contribution is 6.77. The first-order valence-corrected chi connectivity index (χ1v) is 6.81. The van der Waals surface area contributed by atoms with Crippen LogP contribution in [0.3, 0.4) is 0 Å². The maximum absolute atomic E-state index is 5.81. The summed E-state index contributed by atoms with van der Waals surface area (Å²) in [5.41, 5.74) is 6.30. The summed E-state index contributed by atoms with van der Waals surface area (Å²) in [5.74, 6) is 0. The van der Waals surface area contributed by atoms with E-state index in [1.165, 1.54) is 0 Å². The van der Waals surface area contributed by atoms with Crippen molar-refractivity contribution in [3.05, 3.63) is 0 Å². The van der Waals surface area contributed by atoms with Crippen LogP contribution in [0, 0.1) is 0 Å². The Morgan fingerprint density at radius 3 is 1.75 bits per heavy atom. The number of hydrogen-bond donors (Lipinski definition) is 1. The standard InChI is InChI=1S/C6H17NSi/c1-5-6(7)8(2,3)4/h6H,5,7H2,1-4H3. The predicted molar refractivity (Wildman–Crippen MR) is 41.6 cm³/mol.